The Labute approximate surface area is 125 Å². The van der Waals surface area contributed by atoms with Gasteiger partial charge in [0.25, 0.3) is 0 Å². The molecule has 0 amide bonds. The van der Waals surface area contributed by atoms with Crippen molar-refractivity contribution in [1.29, 1.82) is 0 Å². The highest BCUT2D eigenvalue weighted by molar-refractivity contribution is 6.32. The fraction of sp³-hybridized carbons (Fsp3) is 0.176. The third kappa shape index (κ3) is 4.04. The van der Waals surface area contributed by atoms with Gasteiger partial charge in [-0.05, 0) is 36.8 Å². The summed E-state index contributed by atoms with van der Waals surface area (Å²) in [7, 11) is 0. The lowest BCUT2D eigenvalue weighted by atomic mass is 10.2. The molecule has 104 valence electrons. The number of nitrogens with one attached hydrogen (secondary N) is 1. The Bertz CT molecular complexity index is 578. The van der Waals surface area contributed by atoms with Crippen molar-refractivity contribution in [2.45, 2.75) is 13.5 Å². The number of aryl methyl sites for hydroxylation is 1. The Balaban J connectivity index is 1.97. The summed E-state index contributed by atoms with van der Waals surface area (Å²) in [5.74, 6) is 0.686. The first kappa shape index (κ1) is 14.5. The van der Waals surface area contributed by atoms with Gasteiger partial charge in [0.15, 0.2) is 0 Å². The first-order chi connectivity index (χ1) is 9.69. The van der Waals surface area contributed by atoms with Crippen molar-refractivity contribution in [3.05, 3.63) is 71.3 Å². The van der Waals surface area contributed by atoms with Crippen molar-refractivity contribution in [2.24, 2.45) is 0 Å². The first-order valence-corrected chi connectivity index (χ1v) is 6.89. The number of benzene rings is 2. The summed E-state index contributed by atoms with van der Waals surface area (Å²) < 4.78 is 5.45. The van der Waals surface area contributed by atoms with E-state index >= 15 is 0 Å². The molecule has 0 fully saturated rings. The molecule has 0 unspecified atom stereocenters. The summed E-state index contributed by atoms with van der Waals surface area (Å²) in [6.45, 7) is 6.87. The molecule has 0 saturated carbocycles. The van der Waals surface area contributed by atoms with Crippen LogP contribution in [-0.4, -0.2) is 6.61 Å². The van der Waals surface area contributed by atoms with E-state index in [-0.39, 0.29) is 0 Å². The molecular weight excluding hydrogens is 270 g/mol. The monoisotopic (exact) mass is 287 g/mol. The van der Waals surface area contributed by atoms with Gasteiger partial charge in [-0.25, -0.2) is 0 Å². The highest BCUT2D eigenvalue weighted by Crippen LogP contribution is 2.25. The minimum Gasteiger partial charge on any atom is -0.488 e. The second kappa shape index (κ2) is 7.01. The summed E-state index contributed by atoms with van der Waals surface area (Å²) in [6, 6.07) is 14.1. The molecule has 1 N–H and O–H groups in total. The summed E-state index contributed by atoms with van der Waals surface area (Å²) >= 11 is 6.18. The quantitative estimate of drug-likeness (QED) is 0.769. The molecule has 2 rings (SSSR count). The number of rotatable bonds is 6. The van der Waals surface area contributed by atoms with Crippen LogP contribution < -0.4 is 10.1 Å². The van der Waals surface area contributed by atoms with Crippen molar-refractivity contribution >= 4 is 17.3 Å². The zero-order chi connectivity index (χ0) is 14.4. The molecule has 0 heterocycles. The van der Waals surface area contributed by atoms with Gasteiger partial charge in [-0.1, -0.05) is 48.0 Å². The Kier molecular flexibility index (Phi) is 5.08. The van der Waals surface area contributed by atoms with E-state index in [1.54, 1.807) is 6.08 Å². The Morgan fingerprint density at radius 1 is 1.20 bits per heavy atom. The van der Waals surface area contributed by atoms with Crippen LogP contribution in [0, 0.1) is 6.92 Å². The highest BCUT2D eigenvalue weighted by atomic mass is 35.5. The fourth-order valence-corrected chi connectivity index (χ4v) is 2.05. The van der Waals surface area contributed by atoms with Crippen LogP contribution in [0.15, 0.2) is 55.1 Å². The second-order valence-electron chi connectivity index (χ2n) is 4.58. The summed E-state index contributed by atoms with van der Waals surface area (Å²) in [4.78, 5) is 0. The van der Waals surface area contributed by atoms with Crippen LogP contribution >= 0.6 is 11.6 Å². The maximum absolute atomic E-state index is 6.18. The van der Waals surface area contributed by atoms with Gasteiger partial charge in [0.2, 0.25) is 0 Å². The molecule has 2 nitrogen and oxygen atoms in total. The average Bonchev–Trinajstić information content (AvgIpc) is 2.46. The van der Waals surface area contributed by atoms with E-state index in [1.165, 1.54) is 5.56 Å². The van der Waals surface area contributed by atoms with E-state index in [1.807, 2.05) is 18.2 Å². The lowest BCUT2D eigenvalue weighted by Crippen LogP contribution is -2.00. The molecule has 0 aliphatic rings. The molecule has 2 aromatic carbocycles. The molecule has 0 aliphatic carbocycles. The van der Waals surface area contributed by atoms with E-state index in [2.05, 4.69) is 43.1 Å². The van der Waals surface area contributed by atoms with Crippen molar-refractivity contribution in [3.8, 4) is 5.75 Å². The van der Waals surface area contributed by atoms with Gasteiger partial charge in [-0.3, -0.25) is 0 Å². The lowest BCUT2D eigenvalue weighted by Gasteiger charge is -2.10. The molecule has 0 radical (unpaired) electrons. The van der Waals surface area contributed by atoms with E-state index < -0.39 is 0 Å². The van der Waals surface area contributed by atoms with Crippen LogP contribution in [0.4, 0.5) is 5.69 Å². The summed E-state index contributed by atoms with van der Waals surface area (Å²) in [6.07, 6.45) is 1.70. The van der Waals surface area contributed by atoms with Crippen molar-refractivity contribution in [1.82, 2.24) is 0 Å². The predicted molar refractivity (Wildman–Crippen MR) is 85.6 cm³/mol. The zero-order valence-corrected chi connectivity index (χ0v) is 12.3. The molecular formula is C17H18ClNO. The first-order valence-electron chi connectivity index (χ1n) is 6.51. The van der Waals surface area contributed by atoms with Gasteiger partial charge in [0.1, 0.15) is 12.4 Å². The van der Waals surface area contributed by atoms with E-state index in [0.29, 0.717) is 17.4 Å². The van der Waals surface area contributed by atoms with Crippen LogP contribution in [-0.2, 0) is 6.54 Å². The minimum absolute atomic E-state index is 0.459. The van der Waals surface area contributed by atoms with Crippen molar-refractivity contribution in [3.63, 3.8) is 0 Å². The van der Waals surface area contributed by atoms with Crippen LogP contribution in [0.3, 0.4) is 0 Å². The fourth-order valence-electron chi connectivity index (χ4n) is 1.80. The molecule has 0 bridgehead atoms. The van der Waals surface area contributed by atoms with Gasteiger partial charge in [-0.2, -0.15) is 0 Å². The maximum atomic E-state index is 6.18. The zero-order valence-electron chi connectivity index (χ0n) is 11.5. The molecule has 0 aromatic heterocycles. The van der Waals surface area contributed by atoms with Crippen LogP contribution in [0.1, 0.15) is 11.1 Å². The van der Waals surface area contributed by atoms with E-state index in [0.717, 1.165) is 17.8 Å². The normalized spacial score (nSPS) is 10.1. The van der Waals surface area contributed by atoms with Gasteiger partial charge in [-0.15, -0.1) is 0 Å². The van der Waals surface area contributed by atoms with Crippen molar-refractivity contribution in [2.75, 3.05) is 11.9 Å². The highest BCUT2D eigenvalue weighted by Gasteiger charge is 2.02. The topological polar surface area (TPSA) is 21.3 Å². The van der Waals surface area contributed by atoms with Crippen LogP contribution in [0.25, 0.3) is 0 Å². The Morgan fingerprint density at radius 2 is 1.95 bits per heavy atom. The molecule has 0 saturated heterocycles. The number of halogens is 1. The van der Waals surface area contributed by atoms with Gasteiger partial charge in [0.05, 0.1) is 5.02 Å². The maximum Gasteiger partial charge on any atom is 0.138 e. The number of anilines is 1. The largest absolute Gasteiger partial charge is 0.488 e. The Morgan fingerprint density at radius 3 is 2.60 bits per heavy atom. The van der Waals surface area contributed by atoms with Crippen molar-refractivity contribution < 1.29 is 4.74 Å². The van der Waals surface area contributed by atoms with Gasteiger partial charge >= 0.3 is 0 Å². The molecule has 0 spiro atoms. The summed E-state index contributed by atoms with van der Waals surface area (Å²) in [5.41, 5.74) is 3.46. The molecule has 0 aliphatic heterocycles. The third-order valence-corrected chi connectivity index (χ3v) is 3.20. The standard InChI is InChI=1S/C17H18ClNO/c1-3-10-20-17-9-6-14(11-16(17)18)12-19-15-7-4-13(2)5-8-15/h3-9,11,19H,1,10,12H2,2H3. The molecule has 3 heteroatoms. The Hall–Kier alpha value is -1.93. The summed E-state index contributed by atoms with van der Waals surface area (Å²) in [5, 5.41) is 3.98. The molecule has 20 heavy (non-hydrogen) atoms. The van der Waals surface area contributed by atoms with E-state index in [9.17, 15) is 0 Å². The second-order valence-corrected chi connectivity index (χ2v) is 4.99. The SMILES string of the molecule is C=CCOc1ccc(CNc2ccc(C)cc2)cc1Cl. The minimum atomic E-state index is 0.459. The van der Waals surface area contributed by atoms with Gasteiger partial charge < -0.3 is 10.1 Å². The number of hydrogen-bond acceptors (Lipinski definition) is 2. The smallest absolute Gasteiger partial charge is 0.138 e. The number of ether oxygens (including phenoxy) is 1. The molecule has 2 aromatic rings. The van der Waals surface area contributed by atoms with E-state index in [4.69, 9.17) is 16.3 Å². The number of hydrogen-bond donors (Lipinski definition) is 1. The van der Waals surface area contributed by atoms with Crippen LogP contribution in [0.2, 0.25) is 5.02 Å². The molecule has 0 atom stereocenters. The average molecular weight is 288 g/mol. The van der Waals surface area contributed by atoms with Gasteiger partial charge in [0, 0.05) is 12.2 Å². The predicted octanol–water partition coefficient (Wildman–Crippen LogP) is 4.83. The lowest BCUT2D eigenvalue weighted by molar-refractivity contribution is 0.363. The third-order valence-electron chi connectivity index (χ3n) is 2.90. The van der Waals surface area contributed by atoms with Crippen LogP contribution in [0.5, 0.6) is 5.75 Å².